The fraction of sp³-hybridized carbons (Fsp3) is 0.368. The van der Waals surface area contributed by atoms with Crippen molar-refractivity contribution in [2.75, 3.05) is 5.84 Å². The molecule has 4 heterocycles. The summed E-state index contributed by atoms with van der Waals surface area (Å²) in [4.78, 5) is 20.8. The minimum atomic E-state index is -0.171. The molecule has 0 aliphatic heterocycles. The number of aromatic nitrogens is 5. The number of furan rings is 1. The molecular formula is C19H20N6O2S2. The number of rotatable bonds is 5. The molecule has 4 aromatic rings. The third-order valence-corrected chi connectivity index (χ3v) is 7.11. The van der Waals surface area contributed by atoms with Gasteiger partial charge in [0.2, 0.25) is 5.16 Å². The molecule has 1 aliphatic rings. The van der Waals surface area contributed by atoms with Crippen LogP contribution in [0, 0.1) is 0 Å². The molecule has 0 spiro atoms. The normalized spacial score (nSPS) is 15.3. The summed E-state index contributed by atoms with van der Waals surface area (Å²) in [7, 11) is 0. The first-order valence-electron chi connectivity index (χ1n) is 9.58. The zero-order chi connectivity index (χ0) is 19.8. The zero-order valence-corrected chi connectivity index (χ0v) is 17.3. The van der Waals surface area contributed by atoms with Crippen molar-refractivity contribution in [1.82, 2.24) is 24.8 Å². The van der Waals surface area contributed by atoms with Crippen molar-refractivity contribution in [2.24, 2.45) is 0 Å². The number of hydrogen-bond donors (Lipinski definition) is 2. The van der Waals surface area contributed by atoms with Crippen LogP contribution >= 0.6 is 23.1 Å². The van der Waals surface area contributed by atoms with Crippen LogP contribution in [-0.4, -0.2) is 24.8 Å². The highest BCUT2D eigenvalue weighted by Crippen LogP contribution is 2.33. The number of nitrogen functional groups attached to an aromatic ring is 1. The zero-order valence-electron chi connectivity index (χ0n) is 15.6. The van der Waals surface area contributed by atoms with Gasteiger partial charge in [-0.3, -0.25) is 4.79 Å². The molecule has 0 bridgehead atoms. The predicted molar refractivity (Wildman–Crippen MR) is 114 cm³/mol. The summed E-state index contributed by atoms with van der Waals surface area (Å²) in [5.41, 5.74) is 0.595. The second-order valence-electron chi connectivity index (χ2n) is 7.15. The Morgan fingerprint density at radius 2 is 2.17 bits per heavy atom. The summed E-state index contributed by atoms with van der Waals surface area (Å²) in [5.74, 6) is 9.19. The third kappa shape index (κ3) is 3.46. The first kappa shape index (κ1) is 18.4. The molecule has 4 aromatic heterocycles. The van der Waals surface area contributed by atoms with Crippen LogP contribution in [0.15, 0.2) is 38.1 Å². The molecule has 5 rings (SSSR count). The number of nitrogens with one attached hydrogen (secondary N) is 1. The topological polar surface area (TPSA) is 116 Å². The third-order valence-electron chi connectivity index (χ3n) is 5.28. The van der Waals surface area contributed by atoms with Crippen LogP contribution < -0.4 is 11.4 Å². The lowest BCUT2D eigenvalue weighted by atomic mass is 9.89. The van der Waals surface area contributed by atoms with Crippen molar-refractivity contribution < 1.29 is 4.42 Å². The molecule has 0 amide bonds. The van der Waals surface area contributed by atoms with Gasteiger partial charge in [0, 0.05) is 16.9 Å². The molecule has 0 atom stereocenters. The fourth-order valence-corrected chi connectivity index (χ4v) is 5.51. The quantitative estimate of drug-likeness (QED) is 0.366. The molecule has 0 saturated heterocycles. The van der Waals surface area contributed by atoms with Crippen LogP contribution in [0.2, 0.25) is 0 Å². The lowest BCUT2D eigenvalue weighted by molar-refractivity contribution is 0.421. The number of thiophene rings is 1. The largest absolute Gasteiger partial charge is 0.464 e. The maximum atomic E-state index is 12.7. The van der Waals surface area contributed by atoms with Gasteiger partial charge in [-0.25, -0.2) is 9.66 Å². The SMILES string of the molecule is Nn1c(SCc2nc3scc(-c4ccco4)c3c(=O)[nH]2)nnc1C1CCCCC1. The average molecular weight is 429 g/mol. The molecule has 1 fully saturated rings. The lowest BCUT2D eigenvalue weighted by Gasteiger charge is -2.20. The highest BCUT2D eigenvalue weighted by molar-refractivity contribution is 7.98. The van der Waals surface area contributed by atoms with E-state index in [9.17, 15) is 4.79 Å². The van der Waals surface area contributed by atoms with E-state index in [2.05, 4.69) is 20.2 Å². The van der Waals surface area contributed by atoms with Gasteiger partial charge >= 0.3 is 0 Å². The molecule has 8 nitrogen and oxygen atoms in total. The number of H-pyrrole nitrogens is 1. The molecule has 1 aliphatic carbocycles. The molecule has 0 radical (unpaired) electrons. The van der Waals surface area contributed by atoms with Crippen LogP contribution in [0.25, 0.3) is 21.5 Å². The molecule has 3 N–H and O–H groups in total. The lowest BCUT2D eigenvalue weighted by Crippen LogP contribution is -2.18. The van der Waals surface area contributed by atoms with Crippen LogP contribution in [-0.2, 0) is 5.75 Å². The van der Waals surface area contributed by atoms with Gasteiger partial charge in [0.25, 0.3) is 5.56 Å². The Hall–Kier alpha value is -2.59. The standard InChI is InChI=1S/C19H20N6O2S2/c20-25-16(11-5-2-1-3-6-11)23-24-19(25)29-10-14-21-17(26)15-12(9-28-18(15)22-14)13-7-4-8-27-13/h4,7-9,11H,1-3,5-6,10,20H2,(H,21,22,26). The highest BCUT2D eigenvalue weighted by Gasteiger charge is 2.23. The number of hydrogen-bond acceptors (Lipinski definition) is 8. The van der Waals surface area contributed by atoms with Crippen molar-refractivity contribution in [3.8, 4) is 11.3 Å². The Labute approximate surface area is 174 Å². The second-order valence-corrected chi connectivity index (χ2v) is 8.95. The number of nitrogens with zero attached hydrogens (tertiary/aromatic N) is 4. The monoisotopic (exact) mass is 428 g/mol. The van der Waals surface area contributed by atoms with E-state index in [4.69, 9.17) is 10.3 Å². The minimum absolute atomic E-state index is 0.171. The van der Waals surface area contributed by atoms with E-state index >= 15 is 0 Å². The van der Waals surface area contributed by atoms with Crippen LogP contribution in [0.4, 0.5) is 0 Å². The van der Waals surface area contributed by atoms with E-state index in [0.29, 0.717) is 38.6 Å². The summed E-state index contributed by atoms with van der Waals surface area (Å²) in [6.45, 7) is 0. The highest BCUT2D eigenvalue weighted by atomic mass is 32.2. The number of thioether (sulfide) groups is 1. The van der Waals surface area contributed by atoms with E-state index in [1.54, 1.807) is 17.0 Å². The second kappa shape index (κ2) is 7.68. The number of fused-ring (bicyclic) bond motifs is 1. The molecule has 0 unspecified atom stereocenters. The van der Waals surface area contributed by atoms with E-state index in [1.807, 2.05) is 11.4 Å². The first-order valence-corrected chi connectivity index (χ1v) is 11.4. The Morgan fingerprint density at radius 3 is 2.97 bits per heavy atom. The predicted octanol–water partition coefficient (Wildman–Crippen LogP) is 3.89. The van der Waals surface area contributed by atoms with E-state index in [1.165, 1.54) is 42.4 Å². The van der Waals surface area contributed by atoms with Gasteiger partial charge in [-0.1, -0.05) is 31.0 Å². The Morgan fingerprint density at radius 1 is 1.31 bits per heavy atom. The molecule has 10 heteroatoms. The Kier molecular flexibility index (Phi) is 4.88. The van der Waals surface area contributed by atoms with Crippen LogP contribution in [0.1, 0.15) is 49.7 Å². The van der Waals surface area contributed by atoms with Crippen molar-refractivity contribution in [2.45, 2.75) is 48.9 Å². The molecular weight excluding hydrogens is 408 g/mol. The summed E-state index contributed by atoms with van der Waals surface area (Å²) in [6, 6.07) is 3.64. The van der Waals surface area contributed by atoms with Crippen molar-refractivity contribution in [3.05, 3.63) is 45.8 Å². The Bertz CT molecular complexity index is 1190. The summed E-state index contributed by atoms with van der Waals surface area (Å²) < 4.78 is 7.03. The molecule has 1 saturated carbocycles. The molecule has 0 aromatic carbocycles. The minimum Gasteiger partial charge on any atom is -0.464 e. The Balaban J connectivity index is 1.36. The maximum Gasteiger partial charge on any atom is 0.260 e. The van der Waals surface area contributed by atoms with E-state index in [0.717, 1.165) is 24.2 Å². The van der Waals surface area contributed by atoms with Gasteiger partial charge in [0.05, 0.1) is 17.4 Å². The van der Waals surface area contributed by atoms with Gasteiger partial charge in [-0.2, -0.15) is 0 Å². The molecule has 150 valence electrons. The van der Waals surface area contributed by atoms with E-state index < -0.39 is 0 Å². The number of aromatic amines is 1. The average Bonchev–Trinajstić information content (AvgIpc) is 3.47. The summed E-state index contributed by atoms with van der Waals surface area (Å²) in [5, 5.41) is 11.7. The van der Waals surface area contributed by atoms with Gasteiger partial charge in [0.15, 0.2) is 5.82 Å². The fourth-order valence-electron chi connectivity index (χ4n) is 3.83. The van der Waals surface area contributed by atoms with Gasteiger partial charge in [0.1, 0.15) is 16.4 Å². The van der Waals surface area contributed by atoms with Gasteiger partial charge in [-0.15, -0.1) is 21.5 Å². The molecule has 29 heavy (non-hydrogen) atoms. The van der Waals surface area contributed by atoms with Crippen LogP contribution in [0.3, 0.4) is 0 Å². The van der Waals surface area contributed by atoms with Crippen molar-refractivity contribution in [3.63, 3.8) is 0 Å². The smallest absolute Gasteiger partial charge is 0.260 e. The van der Waals surface area contributed by atoms with Gasteiger partial charge < -0.3 is 15.2 Å². The number of nitrogens with two attached hydrogens (primary N) is 1. The van der Waals surface area contributed by atoms with E-state index in [-0.39, 0.29) is 5.56 Å². The maximum absolute atomic E-state index is 12.7. The first-order chi connectivity index (χ1) is 14.2. The summed E-state index contributed by atoms with van der Waals surface area (Å²) in [6.07, 6.45) is 7.53. The van der Waals surface area contributed by atoms with Gasteiger partial charge in [-0.05, 0) is 25.0 Å². The summed E-state index contributed by atoms with van der Waals surface area (Å²) >= 11 is 2.85. The van der Waals surface area contributed by atoms with Crippen molar-refractivity contribution in [1.29, 1.82) is 0 Å². The van der Waals surface area contributed by atoms with Crippen LogP contribution in [0.5, 0.6) is 0 Å². The van der Waals surface area contributed by atoms with Crippen molar-refractivity contribution >= 4 is 33.3 Å².